The van der Waals surface area contributed by atoms with Crippen LogP contribution in [0, 0.1) is 0 Å². The molecule has 21 heavy (non-hydrogen) atoms. The van der Waals surface area contributed by atoms with Crippen LogP contribution in [0.1, 0.15) is 42.3 Å². The minimum Gasteiger partial charge on any atom is -0.508 e. The van der Waals surface area contributed by atoms with E-state index in [1.165, 1.54) is 17.7 Å². The summed E-state index contributed by atoms with van der Waals surface area (Å²) >= 11 is 0. The van der Waals surface area contributed by atoms with Gasteiger partial charge in [-0.05, 0) is 34.8 Å². The first-order valence-corrected chi connectivity index (χ1v) is 6.98. The Hall–Kier alpha value is -2.35. The number of rotatable bonds is 3. The summed E-state index contributed by atoms with van der Waals surface area (Å²) < 4.78 is 0. The Morgan fingerprint density at radius 3 is 2.29 bits per heavy atom. The summed E-state index contributed by atoms with van der Waals surface area (Å²) in [5.74, 6) is -0.0189. The fourth-order valence-electron chi connectivity index (χ4n) is 2.02. The molecule has 2 heteroatoms. The number of phenolic OH excluding ortho intramolecular Hbond substituents is 1. The van der Waals surface area contributed by atoms with Crippen molar-refractivity contribution >= 4 is 11.9 Å². The molecule has 0 radical (unpaired) electrons. The molecule has 0 bridgehead atoms. The minimum absolute atomic E-state index is 0.101. The molecular weight excluding hydrogens is 260 g/mol. The van der Waals surface area contributed by atoms with E-state index in [0.717, 1.165) is 5.56 Å². The topological polar surface area (TPSA) is 37.3 Å². The van der Waals surface area contributed by atoms with Gasteiger partial charge in [-0.2, -0.15) is 0 Å². The first-order valence-electron chi connectivity index (χ1n) is 6.98. The zero-order valence-corrected chi connectivity index (χ0v) is 12.6. The third kappa shape index (κ3) is 4.06. The fraction of sp³-hybridized carbons (Fsp3) is 0.211. The average Bonchev–Trinajstić information content (AvgIpc) is 2.44. The van der Waals surface area contributed by atoms with Crippen molar-refractivity contribution in [3.8, 4) is 5.75 Å². The van der Waals surface area contributed by atoms with E-state index in [9.17, 15) is 9.90 Å². The van der Waals surface area contributed by atoms with Crippen molar-refractivity contribution in [3.05, 3.63) is 71.3 Å². The van der Waals surface area contributed by atoms with Gasteiger partial charge in [0.15, 0.2) is 5.78 Å². The number of ketones is 1. The summed E-state index contributed by atoms with van der Waals surface area (Å²) in [6.07, 6.45) is 3.32. The highest BCUT2D eigenvalue weighted by molar-refractivity contribution is 6.07. The summed E-state index contributed by atoms with van der Waals surface area (Å²) in [6, 6.07) is 14.5. The zero-order chi connectivity index (χ0) is 15.5. The van der Waals surface area contributed by atoms with Crippen molar-refractivity contribution in [2.75, 3.05) is 0 Å². The molecule has 2 aromatic carbocycles. The third-order valence-corrected chi connectivity index (χ3v) is 3.33. The highest BCUT2D eigenvalue weighted by Crippen LogP contribution is 2.22. The Labute approximate surface area is 125 Å². The van der Waals surface area contributed by atoms with Crippen molar-refractivity contribution in [2.24, 2.45) is 0 Å². The Morgan fingerprint density at radius 1 is 1.05 bits per heavy atom. The van der Waals surface area contributed by atoms with E-state index in [0.29, 0.717) is 5.56 Å². The Kier molecular flexibility index (Phi) is 4.27. The van der Waals surface area contributed by atoms with E-state index in [4.69, 9.17) is 0 Å². The van der Waals surface area contributed by atoms with Crippen LogP contribution < -0.4 is 0 Å². The van der Waals surface area contributed by atoms with Crippen LogP contribution >= 0.6 is 0 Å². The maximum atomic E-state index is 12.0. The molecule has 0 heterocycles. The van der Waals surface area contributed by atoms with Gasteiger partial charge < -0.3 is 5.11 Å². The first kappa shape index (κ1) is 15.0. The highest BCUT2D eigenvalue weighted by atomic mass is 16.3. The van der Waals surface area contributed by atoms with E-state index >= 15 is 0 Å². The molecule has 0 atom stereocenters. The molecule has 2 nitrogen and oxygen atoms in total. The lowest BCUT2D eigenvalue weighted by Gasteiger charge is -2.18. The second kappa shape index (κ2) is 5.96. The molecule has 1 N–H and O–H groups in total. The molecule has 2 rings (SSSR count). The summed E-state index contributed by atoms with van der Waals surface area (Å²) in [5.41, 5.74) is 2.85. The van der Waals surface area contributed by atoms with Crippen LogP contribution in [0.4, 0.5) is 0 Å². The molecule has 0 amide bonds. The number of carbonyl (C=O) groups excluding carboxylic acids is 1. The standard InChI is InChI=1S/C19H20O2/c1-19(2,3)16-10-7-14(8-11-16)9-12-18(21)15-5-4-6-17(20)13-15/h4-13,20H,1-3H3/b12-9+. The van der Waals surface area contributed by atoms with Crippen LogP contribution in [-0.2, 0) is 5.41 Å². The second-order valence-electron chi connectivity index (χ2n) is 6.12. The van der Waals surface area contributed by atoms with Gasteiger partial charge in [0.25, 0.3) is 0 Å². The number of carbonyl (C=O) groups is 1. The van der Waals surface area contributed by atoms with E-state index < -0.39 is 0 Å². The van der Waals surface area contributed by atoms with E-state index in [2.05, 4.69) is 32.9 Å². The monoisotopic (exact) mass is 280 g/mol. The number of benzene rings is 2. The first-order chi connectivity index (χ1) is 9.86. The van der Waals surface area contributed by atoms with Gasteiger partial charge in [0.2, 0.25) is 0 Å². The average molecular weight is 280 g/mol. The van der Waals surface area contributed by atoms with Crippen LogP contribution in [0.5, 0.6) is 5.75 Å². The van der Waals surface area contributed by atoms with Crippen LogP contribution in [0.2, 0.25) is 0 Å². The lowest BCUT2D eigenvalue weighted by molar-refractivity contribution is 0.104. The van der Waals surface area contributed by atoms with Gasteiger partial charge >= 0.3 is 0 Å². The number of aromatic hydroxyl groups is 1. The van der Waals surface area contributed by atoms with Gasteiger partial charge in [-0.3, -0.25) is 4.79 Å². The molecule has 0 fully saturated rings. The quantitative estimate of drug-likeness (QED) is 0.659. The second-order valence-corrected chi connectivity index (χ2v) is 6.12. The molecule has 0 saturated carbocycles. The molecule has 0 saturated heterocycles. The minimum atomic E-state index is -0.120. The van der Waals surface area contributed by atoms with Gasteiger partial charge in [-0.25, -0.2) is 0 Å². The Bertz CT molecular complexity index is 659. The van der Waals surface area contributed by atoms with Crippen molar-refractivity contribution in [2.45, 2.75) is 26.2 Å². The number of hydrogen-bond acceptors (Lipinski definition) is 2. The maximum Gasteiger partial charge on any atom is 0.185 e. The van der Waals surface area contributed by atoms with Crippen molar-refractivity contribution in [1.82, 2.24) is 0 Å². The van der Waals surface area contributed by atoms with E-state index in [1.54, 1.807) is 24.3 Å². The molecule has 0 aliphatic carbocycles. The predicted octanol–water partition coefficient (Wildman–Crippen LogP) is 4.59. The Balaban J connectivity index is 2.12. The predicted molar refractivity (Wildman–Crippen MR) is 86.6 cm³/mol. The van der Waals surface area contributed by atoms with Crippen LogP contribution in [0.15, 0.2) is 54.6 Å². The maximum absolute atomic E-state index is 12.0. The molecule has 108 valence electrons. The summed E-state index contributed by atoms with van der Waals surface area (Å²) in [4.78, 5) is 12.0. The SMILES string of the molecule is CC(C)(C)c1ccc(/C=C/C(=O)c2cccc(O)c2)cc1. The zero-order valence-electron chi connectivity index (χ0n) is 12.6. The molecule has 2 aromatic rings. The van der Waals surface area contributed by atoms with Gasteiger partial charge in [0.1, 0.15) is 5.75 Å². The lowest BCUT2D eigenvalue weighted by atomic mass is 9.87. The van der Waals surface area contributed by atoms with Gasteiger partial charge in [0.05, 0.1) is 0 Å². The van der Waals surface area contributed by atoms with Crippen molar-refractivity contribution < 1.29 is 9.90 Å². The summed E-state index contributed by atoms with van der Waals surface area (Å²) in [5, 5.41) is 9.38. The smallest absolute Gasteiger partial charge is 0.185 e. The molecule has 0 aliphatic heterocycles. The van der Waals surface area contributed by atoms with Crippen LogP contribution in [0.25, 0.3) is 6.08 Å². The van der Waals surface area contributed by atoms with Crippen molar-refractivity contribution in [1.29, 1.82) is 0 Å². The van der Waals surface area contributed by atoms with Gasteiger partial charge in [-0.15, -0.1) is 0 Å². The molecule has 0 unspecified atom stereocenters. The highest BCUT2D eigenvalue weighted by Gasteiger charge is 2.12. The van der Waals surface area contributed by atoms with Crippen molar-refractivity contribution in [3.63, 3.8) is 0 Å². The molecule has 0 aliphatic rings. The molecular formula is C19H20O2. The fourth-order valence-corrected chi connectivity index (χ4v) is 2.02. The summed E-state index contributed by atoms with van der Waals surface area (Å²) in [7, 11) is 0. The van der Waals surface area contributed by atoms with E-state index in [-0.39, 0.29) is 16.9 Å². The summed E-state index contributed by atoms with van der Waals surface area (Å²) in [6.45, 7) is 6.51. The third-order valence-electron chi connectivity index (χ3n) is 3.33. The lowest BCUT2D eigenvalue weighted by Crippen LogP contribution is -2.10. The molecule has 0 aromatic heterocycles. The number of phenols is 1. The largest absolute Gasteiger partial charge is 0.508 e. The van der Waals surface area contributed by atoms with Gasteiger partial charge in [-0.1, -0.05) is 63.2 Å². The van der Waals surface area contributed by atoms with Crippen LogP contribution in [-0.4, -0.2) is 10.9 Å². The van der Waals surface area contributed by atoms with E-state index in [1.807, 2.05) is 12.1 Å². The number of allylic oxidation sites excluding steroid dienone is 1. The number of hydrogen-bond donors (Lipinski definition) is 1. The van der Waals surface area contributed by atoms with Gasteiger partial charge in [0, 0.05) is 5.56 Å². The Morgan fingerprint density at radius 2 is 1.71 bits per heavy atom. The normalized spacial score (nSPS) is 11.8. The van der Waals surface area contributed by atoms with Crippen LogP contribution in [0.3, 0.4) is 0 Å². The molecule has 0 spiro atoms.